The van der Waals surface area contributed by atoms with Crippen LogP contribution in [-0.2, 0) is 11.2 Å². The molecule has 0 saturated heterocycles. The van der Waals surface area contributed by atoms with Crippen LogP contribution in [0.15, 0.2) is 54.6 Å². The summed E-state index contributed by atoms with van der Waals surface area (Å²) in [6, 6.07) is 17.3. The van der Waals surface area contributed by atoms with Crippen LogP contribution in [0, 0.1) is 6.92 Å². The van der Waals surface area contributed by atoms with Gasteiger partial charge in [0, 0.05) is 21.5 Å². The number of hydrogen-bond donors (Lipinski definition) is 1. The van der Waals surface area contributed by atoms with Crippen LogP contribution in [0.4, 0.5) is 5.69 Å². The van der Waals surface area contributed by atoms with E-state index in [0.29, 0.717) is 10.8 Å². The van der Waals surface area contributed by atoms with E-state index >= 15 is 0 Å². The van der Waals surface area contributed by atoms with Crippen LogP contribution in [0.5, 0.6) is 5.75 Å². The molecule has 0 saturated carbocycles. The van der Waals surface area contributed by atoms with E-state index < -0.39 is 0 Å². The molecule has 0 spiro atoms. The first-order valence-electron chi connectivity index (χ1n) is 8.28. The molecule has 3 aromatic carbocycles. The standard InChI is InChI=1S/C21H20ClNO2/c1-3-15-8-6-7-14(2)21(15)23-20(24)13-25-19-12-11-18(22)16-9-4-5-10-17(16)19/h4-12H,3,13H2,1-2H3,(H,23,24). The molecule has 4 heteroatoms. The summed E-state index contributed by atoms with van der Waals surface area (Å²) in [5.74, 6) is 0.471. The number of nitrogens with one attached hydrogen (secondary N) is 1. The van der Waals surface area contributed by atoms with Crippen molar-refractivity contribution in [3.63, 3.8) is 0 Å². The first-order chi connectivity index (χ1) is 12.1. The van der Waals surface area contributed by atoms with Crippen molar-refractivity contribution in [3.05, 3.63) is 70.7 Å². The second kappa shape index (κ2) is 7.58. The average Bonchev–Trinajstić information content (AvgIpc) is 2.63. The summed E-state index contributed by atoms with van der Waals surface area (Å²) in [5, 5.41) is 5.44. The van der Waals surface area contributed by atoms with E-state index in [4.69, 9.17) is 16.3 Å². The molecule has 0 radical (unpaired) electrons. The maximum Gasteiger partial charge on any atom is 0.262 e. The van der Waals surface area contributed by atoms with Crippen LogP contribution >= 0.6 is 11.6 Å². The highest BCUT2D eigenvalue weighted by molar-refractivity contribution is 6.35. The van der Waals surface area contributed by atoms with Crippen LogP contribution in [0.25, 0.3) is 10.8 Å². The zero-order valence-electron chi connectivity index (χ0n) is 14.3. The predicted molar refractivity (Wildman–Crippen MR) is 104 cm³/mol. The van der Waals surface area contributed by atoms with Gasteiger partial charge in [0.25, 0.3) is 5.91 Å². The summed E-state index contributed by atoms with van der Waals surface area (Å²) in [4.78, 5) is 12.3. The SMILES string of the molecule is CCc1cccc(C)c1NC(=O)COc1ccc(Cl)c2ccccc12. The van der Waals surface area contributed by atoms with Gasteiger partial charge in [0.1, 0.15) is 5.75 Å². The van der Waals surface area contributed by atoms with Gasteiger partial charge in [-0.2, -0.15) is 0 Å². The van der Waals surface area contributed by atoms with Crippen LogP contribution in [0.3, 0.4) is 0 Å². The largest absolute Gasteiger partial charge is 0.483 e. The second-order valence-electron chi connectivity index (χ2n) is 5.89. The zero-order chi connectivity index (χ0) is 17.8. The smallest absolute Gasteiger partial charge is 0.262 e. The molecule has 25 heavy (non-hydrogen) atoms. The quantitative estimate of drug-likeness (QED) is 0.668. The van der Waals surface area contributed by atoms with Crippen LogP contribution < -0.4 is 10.1 Å². The molecule has 0 aliphatic rings. The first kappa shape index (κ1) is 17.3. The molecule has 128 valence electrons. The molecule has 0 aromatic heterocycles. The number of anilines is 1. The Morgan fingerprint density at radius 2 is 1.80 bits per heavy atom. The molecule has 0 aliphatic heterocycles. The van der Waals surface area contributed by atoms with Crippen molar-refractivity contribution < 1.29 is 9.53 Å². The van der Waals surface area contributed by atoms with Crippen LogP contribution in [0.2, 0.25) is 5.02 Å². The van der Waals surface area contributed by atoms with Gasteiger partial charge in [0.05, 0.1) is 0 Å². The fraction of sp³-hybridized carbons (Fsp3) is 0.190. The topological polar surface area (TPSA) is 38.3 Å². The fourth-order valence-corrected chi connectivity index (χ4v) is 3.11. The number of halogens is 1. The Kier molecular flexibility index (Phi) is 5.25. The summed E-state index contributed by atoms with van der Waals surface area (Å²) in [7, 11) is 0. The van der Waals surface area contributed by atoms with Gasteiger partial charge in [-0.3, -0.25) is 4.79 Å². The highest BCUT2D eigenvalue weighted by Gasteiger charge is 2.11. The van der Waals surface area contributed by atoms with E-state index in [1.165, 1.54) is 0 Å². The molecule has 0 heterocycles. The van der Waals surface area contributed by atoms with E-state index in [2.05, 4.69) is 12.2 Å². The van der Waals surface area contributed by atoms with Crippen molar-refractivity contribution >= 4 is 34.0 Å². The number of rotatable bonds is 5. The number of amides is 1. The van der Waals surface area contributed by atoms with Crippen molar-refractivity contribution in [1.29, 1.82) is 0 Å². The molecule has 0 bridgehead atoms. The van der Waals surface area contributed by atoms with E-state index in [0.717, 1.165) is 34.0 Å². The number of hydrogen-bond acceptors (Lipinski definition) is 2. The molecular weight excluding hydrogens is 334 g/mol. The van der Waals surface area contributed by atoms with Gasteiger partial charge in [-0.05, 0) is 36.6 Å². The highest BCUT2D eigenvalue weighted by Crippen LogP contribution is 2.31. The average molecular weight is 354 g/mol. The highest BCUT2D eigenvalue weighted by atomic mass is 35.5. The zero-order valence-corrected chi connectivity index (χ0v) is 15.1. The van der Waals surface area contributed by atoms with E-state index in [9.17, 15) is 4.79 Å². The van der Waals surface area contributed by atoms with Gasteiger partial charge in [0.15, 0.2) is 6.61 Å². The molecule has 1 N–H and O–H groups in total. The third-order valence-electron chi connectivity index (χ3n) is 4.19. The van der Waals surface area contributed by atoms with Crippen molar-refractivity contribution in [2.45, 2.75) is 20.3 Å². The normalized spacial score (nSPS) is 10.7. The van der Waals surface area contributed by atoms with E-state index in [1.807, 2.05) is 49.4 Å². The Bertz CT molecular complexity index is 921. The Morgan fingerprint density at radius 3 is 2.56 bits per heavy atom. The predicted octanol–water partition coefficient (Wildman–Crippen LogP) is 5.38. The molecule has 1 amide bonds. The summed E-state index contributed by atoms with van der Waals surface area (Å²) < 4.78 is 5.75. The number of carbonyl (C=O) groups excluding carboxylic acids is 1. The van der Waals surface area contributed by atoms with Crippen LogP contribution in [-0.4, -0.2) is 12.5 Å². The molecule has 0 fully saturated rings. The van der Waals surface area contributed by atoms with Crippen molar-refractivity contribution in [1.82, 2.24) is 0 Å². The maximum atomic E-state index is 12.3. The minimum atomic E-state index is -0.178. The van der Waals surface area contributed by atoms with Gasteiger partial charge >= 0.3 is 0 Å². The van der Waals surface area contributed by atoms with Gasteiger partial charge in [-0.1, -0.05) is 61.0 Å². The Labute approximate surface area is 152 Å². The molecule has 0 unspecified atom stereocenters. The molecule has 3 nitrogen and oxygen atoms in total. The Balaban J connectivity index is 1.75. The van der Waals surface area contributed by atoms with Gasteiger partial charge in [-0.25, -0.2) is 0 Å². The number of ether oxygens (including phenoxy) is 1. The summed E-state index contributed by atoms with van der Waals surface area (Å²) in [6.07, 6.45) is 0.861. The number of fused-ring (bicyclic) bond motifs is 1. The molecular formula is C21H20ClNO2. The van der Waals surface area contributed by atoms with Crippen molar-refractivity contribution in [3.8, 4) is 5.75 Å². The fourth-order valence-electron chi connectivity index (χ4n) is 2.88. The Morgan fingerprint density at radius 1 is 1.04 bits per heavy atom. The molecule has 3 rings (SSSR count). The number of aryl methyl sites for hydroxylation is 2. The minimum Gasteiger partial charge on any atom is -0.483 e. The van der Waals surface area contributed by atoms with E-state index in [-0.39, 0.29) is 12.5 Å². The lowest BCUT2D eigenvalue weighted by atomic mass is 10.1. The number of benzene rings is 3. The third kappa shape index (κ3) is 3.77. The summed E-state index contributed by atoms with van der Waals surface area (Å²) in [5.41, 5.74) is 3.04. The monoisotopic (exact) mass is 353 g/mol. The summed E-state index contributed by atoms with van der Waals surface area (Å²) >= 11 is 6.21. The molecule has 0 aliphatic carbocycles. The van der Waals surface area contributed by atoms with E-state index in [1.54, 1.807) is 12.1 Å². The Hall–Kier alpha value is -2.52. The van der Waals surface area contributed by atoms with Gasteiger partial charge in [-0.15, -0.1) is 0 Å². The first-order valence-corrected chi connectivity index (χ1v) is 8.66. The minimum absolute atomic E-state index is 0.0525. The lowest BCUT2D eigenvalue weighted by molar-refractivity contribution is -0.118. The van der Waals surface area contributed by atoms with Crippen molar-refractivity contribution in [2.75, 3.05) is 11.9 Å². The molecule has 0 atom stereocenters. The molecule has 3 aromatic rings. The van der Waals surface area contributed by atoms with Gasteiger partial charge in [0.2, 0.25) is 0 Å². The van der Waals surface area contributed by atoms with Crippen molar-refractivity contribution in [2.24, 2.45) is 0 Å². The third-order valence-corrected chi connectivity index (χ3v) is 4.52. The number of carbonyl (C=O) groups is 1. The lowest BCUT2D eigenvalue weighted by Gasteiger charge is -2.14. The summed E-state index contributed by atoms with van der Waals surface area (Å²) in [6.45, 7) is 4.01. The maximum absolute atomic E-state index is 12.3. The van der Waals surface area contributed by atoms with Gasteiger partial charge < -0.3 is 10.1 Å². The second-order valence-corrected chi connectivity index (χ2v) is 6.30. The lowest BCUT2D eigenvalue weighted by Crippen LogP contribution is -2.21. The van der Waals surface area contributed by atoms with Crippen LogP contribution in [0.1, 0.15) is 18.1 Å². The number of para-hydroxylation sites is 1.